The van der Waals surface area contributed by atoms with Crippen LogP contribution in [0.25, 0.3) is 0 Å². The van der Waals surface area contributed by atoms with E-state index in [0.29, 0.717) is 31.1 Å². The summed E-state index contributed by atoms with van der Waals surface area (Å²) in [6.07, 6.45) is 0.342. The van der Waals surface area contributed by atoms with Crippen LogP contribution < -0.4 is 10.0 Å². The van der Waals surface area contributed by atoms with Crippen molar-refractivity contribution in [1.82, 2.24) is 4.90 Å². The molecule has 2 heterocycles. The number of aliphatic carboxylic acids is 1. The van der Waals surface area contributed by atoms with E-state index in [-0.39, 0.29) is 18.6 Å². The lowest BCUT2D eigenvalue weighted by Crippen LogP contribution is -3.17. The van der Waals surface area contributed by atoms with Gasteiger partial charge in [-0.3, -0.25) is 4.79 Å². The molecule has 0 aromatic carbocycles. The highest BCUT2D eigenvalue weighted by atomic mass is 16.6. The molecule has 2 rings (SSSR count). The van der Waals surface area contributed by atoms with Crippen molar-refractivity contribution in [3.05, 3.63) is 12.7 Å². The number of nitrogens with zero attached hydrogens (tertiary/aromatic N) is 1. The summed E-state index contributed by atoms with van der Waals surface area (Å²) < 4.78 is 10.7. The quantitative estimate of drug-likeness (QED) is 0.601. The number of hydrogen-bond donors (Lipinski definition) is 1. The van der Waals surface area contributed by atoms with Crippen LogP contribution in [0.1, 0.15) is 20.8 Å². The van der Waals surface area contributed by atoms with Gasteiger partial charge in [-0.2, -0.15) is 4.79 Å². The van der Waals surface area contributed by atoms with Crippen molar-refractivity contribution < 1.29 is 33.9 Å². The number of ether oxygens (including phenoxy) is 2. The zero-order valence-corrected chi connectivity index (χ0v) is 14.9. The SMILES string of the molecule is C=CC1OCC(C(=O)N2CC[NH+](C(=O)OC(C)(C)C)CC2)C1C(=O)[O-]. The van der Waals surface area contributed by atoms with E-state index in [0.717, 1.165) is 0 Å². The van der Waals surface area contributed by atoms with Crippen LogP contribution in [-0.4, -0.2) is 67.4 Å². The molecule has 2 fully saturated rings. The van der Waals surface area contributed by atoms with Crippen LogP contribution in [0.5, 0.6) is 0 Å². The van der Waals surface area contributed by atoms with Gasteiger partial charge in [-0.15, -0.1) is 6.58 Å². The number of rotatable bonds is 3. The van der Waals surface area contributed by atoms with Gasteiger partial charge < -0.3 is 24.3 Å². The number of hydrogen-bond acceptors (Lipinski definition) is 6. The van der Waals surface area contributed by atoms with Crippen molar-refractivity contribution in [3.63, 3.8) is 0 Å². The molecule has 25 heavy (non-hydrogen) atoms. The Hall–Kier alpha value is -1.93. The first-order valence-electron chi connectivity index (χ1n) is 8.46. The molecule has 2 aliphatic rings. The lowest BCUT2D eigenvalue weighted by atomic mass is 9.89. The number of piperazine rings is 1. The Bertz CT molecular complexity index is 548. The molecule has 0 spiro atoms. The highest BCUT2D eigenvalue weighted by Crippen LogP contribution is 2.29. The number of carbonyl (C=O) groups is 3. The second kappa shape index (κ2) is 7.53. The van der Waals surface area contributed by atoms with Gasteiger partial charge in [0.05, 0.1) is 31.7 Å². The fourth-order valence-electron chi connectivity index (χ4n) is 3.17. The molecule has 0 aromatic rings. The molecule has 1 N–H and O–H groups in total. The van der Waals surface area contributed by atoms with Gasteiger partial charge in [0.25, 0.3) is 0 Å². The fourth-order valence-corrected chi connectivity index (χ4v) is 3.17. The number of carbonyl (C=O) groups excluding carboxylic acids is 3. The minimum atomic E-state index is -1.31. The molecule has 2 aliphatic heterocycles. The molecule has 140 valence electrons. The Kier molecular flexibility index (Phi) is 5.84. The van der Waals surface area contributed by atoms with Gasteiger partial charge in [0, 0.05) is 11.9 Å². The summed E-state index contributed by atoms with van der Waals surface area (Å²) in [6.45, 7) is 10.6. The lowest BCUT2D eigenvalue weighted by Gasteiger charge is -2.34. The number of nitrogens with one attached hydrogen (secondary N) is 1. The van der Waals surface area contributed by atoms with Crippen molar-refractivity contribution in [2.45, 2.75) is 32.5 Å². The van der Waals surface area contributed by atoms with Gasteiger partial charge >= 0.3 is 6.09 Å². The zero-order chi connectivity index (χ0) is 18.8. The predicted octanol–water partition coefficient (Wildman–Crippen LogP) is -1.78. The molecule has 2 saturated heterocycles. The van der Waals surface area contributed by atoms with Crippen LogP contribution in [0.3, 0.4) is 0 Å². The van der Waals surface area contributed by atoms with E-state index in [2.05, 4.69) is 6.58 Å². The summed E-state index contributed by atoms with van der Waals surface area (Å²) in [6, 6.07) is 0. The average molecular weight is 354 g/mol. The van der Waals surface area contributed by atoms with Crippen LogP contribution in [0.4, 0.5) is 4.79 Å². The van der Waals surface area contributed by atoms with E-state index in [9.17, 15) is 19.5 Å². The maximum absolute atomic E-state index is 12.7. The van der Waals surface area contributed by atoms with Gasteiger partial charge in [0.15, 0.2) is 0 Å². The minimum Gasteiger partial charge on any atom is -0.550 e. The van der Waals surface area contributed by atoms with Crippen LogP contribution in [0.2, 0.25) is 0 Å². The Labute approximate surface area is 147 Å². The summed E-state index contributed by atoms with van der Waals surface area (Å²) in [4.78, 5) is 38.4. The molecule has 0 aliphatic carbocycles. The standard InChI is InChI=1S/C17H26N2O6/c1-5-12-13(15(21)22)11(10-24-12)14(20)18-6-8-19(9-7-18)16(23)25-17(2,3)4/h5,11-13H,1,6-10H2,2-4H3,(H,21,22). The molecule has 3 atom stereocenters. The maximum Gasteiger partial charge on any atom is 0.514 e. The molecule has 0 bridgehead atoms. The topological polar surface area (TPSA) is 100 Å². The third-order valence-electron chi connectivity index (χ3n) is 4.44. The number of alkyl carbamates (subject to hydrolysis) is 2. The number of carboxylic acids is 1. The molecule has 0 aromatic heterocycles. The average Bonchev–Trinajstić information content (AvgIpc) is 2.97. The van der Waals surface area contributed by atoms with Gasteiger partial charge in [0.2, 0.25) is 5.91 Å². The highest BCUT2D eigenvalue weighted by Gasteiger charge is 2.44. The van der Waals surface area contributed by atoms with E-state index < -0.39 is 29.5 Å². The third-order valence-corrected chi connectivity index (χ3v) is 4.44. The number of quaternary nitrogens is 1. The summed E-state index contributed by atoms with van der Waals surface area (Å²) in [5.74, 6) is -3.39. The molecular weight excluding hydrogens is 328 g/mol. The maximum atomic E-state index is 12.7. The Morgan fingerprint density at radius 2 is 1.88 bits per heavy atom. The predicted molar refractivity (Wildman–Crippen MR) is 85.4 cm³/mol. The van der Waals surface area contributed by atoms with E-state index in [1.54, 1.807) is 25.7 Å². The Morgan fingerprint density at radius 3 is 2.36 bits per heavy atom. The van der Waals surface area contributed by atoms with E-state index >= 15 is 0 Å². The first-order chi connectivity index (χ1) is 11.6. The van der Waals surface area contributed by atoms with Crippen LogP contribution in [0.15, 0.2) is 12.7 Å². The van der Waals surface area contributed by atoms with E-state index in [4.69, 9.17) is 9.47 Å². The Morgan fingerprint density at radius 1 is 1.28 bits per heavy atom. The summed E-state index contributed by atoms with van der Waals surface area (Å²) in [5, 5.41) is 11.4. The number of carboxylic acid groups (broad SMARTS) is 1. The van der Waals surface area contributed by atoms with Crippen molar-refractivity contribution in [1.29, 1.82) is 0 Å². The molecule has 3 unspecified atom stereocenters. The largest absolute Gasteiger partial charge is 0.550 e. The highest BCUT2D eigenvalue weighted by molar-refractivity contribution is 5.85. The molecule has 8 nitrogen and oxygen atoms in total. The van der Waals surface area contributed by atoms with Gasteiger partial charge in [-0.1, -0.05) is 6.08 Å². The molecule has 2 amide bonds. The van der Waals surface area contributed by atoms with Crippen molar-refractivity contribution in [3.8, 4) is 0 Å². The van der Waals surface area contributed by atoms with E-state index in [1.165, 1.54) is 6.08 Å². The van der Waals surface area contributed by atoms with Gasteiger partial charge in [-0.25, -0.2) is 4.90 Å². The zero-order valence-electron chi connectivity index (χ0n) is 14.9. The van der Waals surface area contributed by atoms with Gasteiger partial charge in [-0.05, 0) is 20.8 Å². The third kappa shape index (κ3) is 4.58. The van der Waals surface area contributed by atoms with Crippen molar-refractivity contribution in [2.24, 2.45) is 11.8 Å². The van der Waals surface area contributed by atoms with Crippen LogP contribution in [-0.2, 0) is 19.1 Å². The first-order valence-corrected chi connectivity index (χ1v) is 8.46. The second-order valence-corrected chi connectivity index (χ2v) is 7.42. The van der Waals surface area contributed by atoms with Crippen LogP contribution in [0, 0.1) is 11.8 Å². The Balaban J connectivity index is 1.94. The fraction of sp³-hybridized carbons (Fsp3) is 0.706. The summed E-state index contributed by atoms with van der Waals surface area (Å²) >= 11 is 0. The molecular formula is C17H26N2O6. The van der Waals surface area contributed by atoms with Gasteiger partial charge in [0.1, 0.15) is 18.7 Å². The number of amides is 2. The summed E-state index contributed by atoms with van der Waals surface area (Å²) in [7, 11) is 0. The van der Waals surface area contributed by atoms with Crippen molar-refractivity contribution >= 4 is 18.0 Å². The normalized spacial score (nSPS) is 27.8. The van der Waals surface area contributed by atoms with Crippen molar-refractivity contribution in [2.75, 3.05) is 32.8 Å². The smallest absolute Gasteiger partial charge is 0.514 e. The lowest BCUT2D eigenvalue weighted by molar-refractivity contribution is -0.829. The minimum absolute atomic E-state index is 0.0350. The molecule has 0 radical (unpaired) electrons. The molecule has 0 saturated carbocycles. The second-order valence-electron chi connectivity index (χ2n) is 7.42. The monoisotopic (exact) mass is 354 g/mol. The van der Waals surface area contributed by atoms with E-state index in [1.807, 2.05) is 0 Å². The first kappa shape index (κ1) is 19.4. The van der Waals surface area contributed by atoms with Crippen LogP contribution >= 0.6 is 0 Å². The summed E-state index contributed by atoms with van der Waals surface area (Å²) in [5.41, 5.74) is -0.556. The molecule has 8 heteroatoms.